The van der Waals surface area contributed by atoms with Crippen LogP contribution in [0.1, 0.15) is 19.4 Å². The largest absolute Gasteiger partial charge is 0.349 e. The molecule has 94 valence electrons. The molecule has 1 N–H and O–H groups in total. The minimum Gasteiger partial charge on any atom is -0.349 e. The molecule has 1 rings (SSSR count). The maximum absolute atomic E-state index is 11.7. The van der Waals surface area contributed by atoms with Gasteiger partial charge >= 0.3 is 0 Å². The van der Waals surface area contributed by atoms with Gasteiger partial charge in [0.15, 0.2) is 0 Å². The van der Waals surface area contributed by atoms with E-state index in [0.717, 1.165) is 10.5 Å². The maximum Gasteiger partial charge on any atom is 0.262 e. The molecule has 0 saturated carbocycles. The van der Waals surface area contributed by atoms with Crippen molar-refractivity contribution < 1.29 is 4.79 Å². The van der Waals surface area contributed by atoms with Gasteiger partial charge in [0.05, 0.1) is 0 Å². The van der Waals surface area contributed by atoms with Crippen molar-refractivity contribution in [2.24, 2.45) is 0 Å². The molecule has 0 aliphatic carbocycles. The van der Waals surface area contributed by atoms with Crippen LogP contribution in [0, 0.1) is 11.3 Å². The number of hydrogen-bond donors (Lipinski definition) is 1. The van der Waals surface area contributed by atoms with Crippen molar-refractivity contribution in [3.63, 3.8) is 0 Å². The number of nitriles is 1. The zero-order valence-corrected chi connectivity index (χ0v) is 11.5. The van der Waals surface area contributed by atoms with Crippen molar-refractivity contribution in [3.8, 4) is 6.07 Å². The van der Waals surface area contributed by atoms with Crippen molar-refractivity contribution >= 4 is 23.7 Å². The van der Waals surface area contributed by atoms with Gasteiger partial charge in [-0.25, -0.2) is 0 Å². The molecule has 0 saturated heterocycles. The third kappa shape index (κ3) is 4.27. The van der Waals surface area contributed by atoms with Gasteiger partial charge in [-0.2, -0.15) is 5.26 Å². The topological polar surface area (TPSA) is 52.9 Å². The van der Waals surface area contributed by atoms with Gasteiger partial charge in [-0.3, -0.25) is 4.79 Å². The molecule has 0 heterocycles. The van der Waals surface area contributed by atoms with Crippen LogP contribution in [0.2, 0.25) is 0 Å². The van der Waals surface area contributed by atoms with E-state index in [-0.39, 0.29) is 17.5 Å². The van der Waals surface area contributed by atoms with Gasteiger partial charge in [0.1, 0.15) is 11.6 Å². The van der Waals surface area contributed by atoms with Crippen LogP contribution in [0.3, 0.4) is 0 Å². The van der Waals surface area contributed by atoms with E-state index in [2.05, 4.69) is 5.32 Å². The summed E-state index contributed by atoms with van der Waals surface area (Å²) in [4.78, 5) is 12.9. The maximum atomic E-state index is 11.7. The van der Waals surface area contributed by atoms with E-state index < -0.39 is 0 Å². The average molecular weight is 260 g/mol. The highest BCUT2D eigenvalue weighted by molar-refractivity contribution is 7.98. The highest BCUT2D eigenvalue weighted by Crippen LogP contribution is 2.16. The fourth-order valence-electron chi connectivity index (χ4n) is 1.36. The zero-order valence-electron chi connectivity index (χ0n) is 10.7. The Balaban J connectivity index is 2.90. The third-order valence-corrected chi connectivity index (χ3v) is 2.96. The van der Waals surface area contributed by atoms with Gasteiger partial charge in [-0.15, -0.1) is 11.8 Å². The van der Waals surface area contributed by atoms with Crippen LogP contribution in [0.15, 0.2) is 34.7 Å². The Labute approximate surface area is 112 Å². The first-order valence-corrected chi connectivity index (χ1v) is 6.86. The summed E-state index contributed by atoms with van der Waals surface area (Å²) in [6.45, 7) is 3.72. The van der Waals surface area contributed by atoms with Crippen molar-refractivity contribution in [2.45, 2.75) is 24.8 Å². The Morgan fingerprint density at radius 2 is 2.00 bits per heavy atom. The molecule has 1 aromatic carbocycles. The Bertz CT molecular complexity index is 484. The molecular formula is C14H16N2OS. The predicted molar refractivity (Wildman–Crippen MR) is 75.1 cm³/mol. The van der Waals surface area contributed by atoms with Crippen LogP contribution in [0.4, 0.5) is 0 Å². The smallest absolute Gasteiger partial charge is 0.262 e. The van der Waals surface area contributed by atoms with E-state index in [1.165, 1.54) is 0 Å². The lowest BCUT2D eigenvalue weighted by molar-refractivity contribution is -0.117. The Morgan fingerprint density at radius 3 is 2.44 bits per heavy atom. The number of rotatable bonds is 4. The molecule has 0 radical (unpaired) electrons. The van der Waals surface area contributed by atoms with E-state index in [1.807, 2.05) is 50.4 Å². The molecule has 4 heteroatoms. The average Bonchev–Trinajstić information content (AvgIpc) is 2.35. The summed E-state index contributed by atoms with van der Waals surface area (Å²) in [7, 11) is 0. The molecule has 1 amide bonds. The fourth-order valence-corrected chi connectivity index (χ4v) is 1.76. The molecule has 3 nitrogen and oxygen atoms in total. The molecule has 0 fully saturated rings. The fraction of sp³-hybridized carbons (Fsp3) is 0.286. The first kappa shape index (κ1) is 14.3. The van der Waals surface area contributed by atoms with Gasteiger partial charge in [-0.05, 0) is 43.9 Å². The molecule has 0 aromatic heterocycles. The standard InChI is InChI=1S/C14H16N2OS/c1-10(2)16-14(17)12(9-15)8-11-4-6-13(18-3)7-5-11/h4-8,10H,1-3H3,(H,16,17). The zero-order chi connectivity index (χ0) is 13.5. The SMILES string of the molecule is CSc1ccc(C=C(C#N)C(=O)NC(C)C)cc1. The lowest BCUT2D eigenvalue weighted by Crippen LogP contribution is -2.30. The number of amides is 1. The van der Waals surface area contributed by atoms with Crippen molar-refractivity contribution in [2.75, 3.05) is 6.26 Å². The number of benzene rings is 1. The number of carbonyl (C=O) groups excluding carboxylic acids is 1. The molecule has 0 aliphatic rings. The monoisotopic (exact) mass is 260 g/mol. The van der Waals surface area contributed by atoms with Gasteiger partial charge in [0.2, 0.25) is 0 Å². The van der Waals surface area contributed by atoms with Gasteiger partial charge in [-0.1, -0.05) is 12.1 Å². The van der Waals surface area contributed by atoms with Gasteiger partial charge in [0.25, 0.3) is 5.91 Å². The van der Waals surface area contributed by atoms with E-state index in [9.17, 15) is 4.79 Å². The molecule has 0 atom stereocenters. The molecule has 0 unspecified atom stereocenters. The second-order valence-corrected chi connectivity index (χ2v) is 4.95. The van der Waals surface area contributed by atoms with Crippen molar-refractivity contribution in [1.29, 1.82) is 5.26 Å². The van der Waals surface area contributed by atoms with Crippen LogP contribution < -0.4 is 5.32 Å². The van der Waals surface area contributed by atoms with Crippen LogP contribution >= 0.6 is 11.8 Å². The molecule has 18 heavy (non-hydrogen) atoms. The molecule has 0 aliphatic heterocycles. The molecule has 1 aromatic rings. The second kappa shape index (κ2) is 6.87. The van der Waals surface area contributed by atoms with E-state index in [4.69, 9.17) is 5.26 Å². The lowest BCUT2D eigenvalue weighted by atomic mass is 10.1. The summed E-state index contributed by atoms with van der Waals surface area (Å²) < 4.78 is 0. The molecule has 0 spiro atoms. The second-order valence-electron chi connectivity index (χ2n) is 4.07. The van der Waals surface area contributed by atoms with Crippen LogP contribution in [0.5, 0.6) is 0 Å². The Kier molecular flexibility index (Phi) is 5.47. The van der Waals surface area contributed by atoms with Gasteiger partial charge < -0.3 is 5.32 Å². The number of hydrogen-bond acceptors (Lipinski definition) is 3. The van der Waals surface area contributed by atoms with E-state index in [1.54, 1.807) is 17.8 Å². The minimum absolute atomic E-state index is 0.0214. The third-order valence-electron chi connectivity index (χ3n) is 2.21. The van der Waals surface area contributed by atoms with Gasteiger partial charge in [0, 0.05) is 10.9 Å². The van der Waals surface area contributed by atoms with Crippen LogP contribution in [-0.4, -0.2) is 18.2 Å². The highest BCUT2D eigenvalue weighted by Gasteiger charge is 2.09. The molecular weight excluding hydrogens is 244 g/mol. The first-order valence-electron chi connectivity index (χ1n) is 5.63. The van der Waals surface area contributed by atoms with E-state index in [0.29, 0.717) is 0 Å². The Hall–Kier alpha value is -1.73. The van der Waals surface area contributed by atoms with Crippen LogP contribution in [0.25, 0.3) is 6.08 Å². The number of thioether (sulfide) groups is 1. The highest BCUT2D eigenvalue weighted by atomic mass is 32.2. The summed E-state index contributed by atoms with van der Waals surface area (Å²) in [5.41, 5.74) is 0.976. The van der Waals surface area contributed by atoms with Crippen LogP contribution in [-0.2, 0) is 4.79 Å². The summed E-state index contributed by atoms with van der Waals surface area (Å²) in [5.74, 6) is -0.332. The predicted octanol–water partition coefficient (Wildman–Crippen LogP) is 2.84. The summed E-state index contributed by atoms with van der Waals surface area (Å²) in [5, 5.41) is 11.7. The van der Waals surface area contributed by atoms with Crippen molar-refractivity contribution in [3.05, 3.63) is 35.4 Å². The normalized spacial score (nSPS) is 11.2. The lowest BCUT2D eigenvalue weighted by Gasteiger charge is -2.07. The summed E-state index contributed by atoms with van der Waals surface area (Å²) in [6.07, 6.45) is 3.60. The summed E-state index contributed by atoms with van der Waals surface area (Å²) in [6, 6.07) is 9.67. The number of carbonyl (C=O) groups is 1. The van der Waals surface area contributed by atoms with E-state index >= 15 is 0 Å². The van der Waals surface area contributed by atoms with Crippen molar-refractivity contribution in [1.82, 2.24) is 5.32 Å². The number of nitrogens with one attached hydrogen (secondary N) is 1. The molecule has 0 bridgehead atoms. The Morgan fingerprint density at radius 1 is 1.39 bits per heavy atom. The summed E-state index contributed by atoms with van der Waals surface area (Å²) >= 11 is 1.65. The quantitative estimate of drug-likeness (QED) is 0.514. The first-order chi connectivity index (χ1) is 8.56. The number of nitrogens with zero attached hydrogens (tertiary/aromatic N) is 1. The minimum atomic E-state index is -0.332.